The third kappa shape index (κ3) is 2.11. The van der Waals surface area contributed by atoms with Gasteiger partial charge in [-0.25, -0.2) is 0 Å². The normalized spacial score (nSPS) is 10.2. The summed E-state index contributed by atoms with van der Waals surface area (Å²) in [6, 6.07) is 13.8. The van der Waals surface area contributed by atoms with E-state index in [4.69, 9.17) is 5.11 Å². The molecule has 0 atom stereocenters. The average Bonchev–Trinajstić information content (AvgIpc) is 2.27. The lowest BCUT2D eigenvalue weighted by Gasteiger charge is -2.04. The van der Waals surface area contributed by atoms with Gasteiger partial charge in [0.05, 0.1) is 6.42 Å². The predicted octanol–water partition coefficient (Wildman–Crippen LogP) is 3.33. The fraction of sp³-hybridized carbons (Fsp3) is 0.0714. The number of fused-ring (bicyclic) bond motifs is 1. The van der Waals surface area contributed by atoms with Gasteiger partial charge in [-0.05, 0) is 28.0 Å². The Labute approximate surface area is 93.8 Å². The topological polar surface area (TPSA) is 37.3 Å². The molecule has 2 aromatic rings. The first-order valence-corrected chi connectivity index (χ1v) is 5.05. The van der Waals surface area contributed by atoms with Gasteiger partial charge in [-0.2, -0.15) is 0 Å². The van der Waals surface area contributed by atoms with E-state index in [0.29, 0.717) is 5.57 Å². The average molecular weight is 212 g/mol. The number of hydrogen-bond donors (Lipinski definition) is 1. The molecule has 0 amide bonds. The van der Waals surface area contributed by atoms with Gasteiger partial charge in [0, 0.05) is 0 Å². The van der Waals surface area contributed by atoms with Crippen LogP contribution in [0, 0.1) is 0 Å². The molecule has 0 heterocycles. The summed E-state index contributed by atoms with van der Waals surface area (Å²) in [5.74, 6) is -0.849. The fourth-order valence-corrected chi connectivity index (χ4v) is 1.69. The molecule has 0 aliphatic heterocycles. The molecule has 0 bridgehead atoms. The maximum atomic E-state index is 10.6. The minimum absolute atomic E-state index is 0.0155. The summed E-state index contributed by atoms with van der Waals surface area (Å²) in [5, 5.41) is 10.9. The first-order valence-electron chi connectivity index (χ1n) is 5.05. The fourth-order valence-electron chi connectivity index (χ4n) is 1.69. The standard InChI is InChI=1S/C14H12O2/c1-10(8-14(15)16)12-7-6-11-4-2-3-5-13(11)9-12/h2-7,9H,1,8H2,(H,15,16). The second-order valence-electron chi connectivity index (χ2n) is 3.74. The molecular weight excluding hydrogens is 200 g/mol. The van der Waals surface area contributed by atoms with Crippen LogP contribution in [-0.2, 0) is 4.79 Å². The molecule has 2 rings (SSSR count). The maximum absolute atomic E-state index is 10.6. The van der Waals surface area contributed by atoms with Crippen LogP contribution in [0.1, 0.15) is 12.0 Å². The Bertz CT molecular complexity index is 555. The molecule has 16 heavy (non-hydrogen) atoms. The van der Waals surface area contributed by atoms with Crippen molar-refractivity contribution < 1.29 is 9.90 Å². The van der Waals surface area contributed by atoms with Crippen molar-refractivity contribution >= 4 is 22.3 Å². The summed E-state index contributed by atoms with van der Waals surface area (Å²) in [6.45, 7) is 3.79. The highest BCUT2D eigenvalue weighted by atomic mass is 16.4. The van der Waals surface area contributed by atoms with E-state index in [9.17, 15) is 4.79 Å². The van der Waals surface area contributed by atoms with Crippen LogP contribution in [0.15, 0.2) is 49.0 Å². The van der Waals surface area contributed by atoms with Crippen molar-refractivity contribution in [2.24, 2.45) is 0 Å². The molecule has 0 saturated carbocycles. The summed E-state index contributed by atoms with van der Waals surface area (Å²) in [7, 11) is 0. The molecular formula is C14H12O2. The molecule has 80 valence electrons. The van der Waals surface area contributed by atoms with Crippen molar-refractivity contribution in [2.45, 2.75) is 6.42 Å². The zero-order chi connectivity index (χ0) is 11.5. The Morgan fingerprint density at radius 2 is 1.81 bits per heavy atom. The number of benzene rings is 2. The molecule has 2 aromatic carbocycles. The van der Waals surface area contributed by atoms with Crippen LogP contribution in [0.4, 0.5) is 0 Å². The first kappa shape index (κ1) is 10.4. The van der Waals surface area contributed by atoms with Crippen LogP contribution in [0.25, 0.3) is 16.3 Å². The molecule has 2 nitrogen and oxygen atoms in total. The van der Waals surface area contributed by atoms with Gasteiger partial charge in [-0.3, -0.25) is 4.79 Å². The first-order chi connectivity index (χ1) is 7.66. The van der Waals surface area contributed by atoms with E-state index in [1.165, 1.54) is 0 Å². The van der Waals surface area contributed by atoms with E-state index < -0.39 is 5.97 Å². The second-order valence-corrected chi connectivity index (χ2v) is 3.74. The lowest BCUT2D eigenvalue weighted by atomic mass is 10.0. The third-order valence-corrected chi connectivity index (χ3v) is 2.52. The number of carboxylic acid groups (broad SMARTS) is 1. The summed E-state index contributed by atoms with van der Waals surface area (Å²) in [4.78, 5) is 10.6. The number of carboxylic acids is 1. The summed E-state index contributed by atoms with van der Waals surface area (Å²) in [6.07, 6.45) is -0.0155. The van der Waals surface area contributed by atoms with Gasteiger partial charge in [-0.15, -0.1) is 0 Å². The maximum Gasteiger partial charge on any atom is 0.307 e. The largest absolute Gasteiger partial charge is 0.481 e. The van der Waals surface area contributed by atoms with E-state index >= 15 is 0 Å². The van der Waals surface area contributed by atoms with Crippen LogP contribution in [-0.4, -0.2) is 11.1 Å². The monoisotopic (exact) mass is 212 g/mol. The zero-order valence-electron chi connectivity index (χ0n) is 8.81. The smallest absolute Gasteiger partial charge is 0.307 e. The van der Waals surface area contributed by atoms with Crippen LogP contribution in [0.3, 0.4) is 0 Å². The minimum atomic E-state index is -0.849. The highest BCUT2D eigenvalue weighted by molar-refractivity contribution is 5.89. The van der Waals surface area contributed by atoms with Crippen molar-refractivity contribution in [1.82, 2.24) is 0 Å². The predicted molar refractivity (Wildman–Crippen MR) is 65.2 cm³/mol. The van der Waals surface area contributed by atoms with Crippen LogP contribution < -0.4 is 0 Å². The molecule has 0 fully saturated rings. The Balaban J connectivity index is 2.39. The van der Waals surface area contributed by atoms with Gasteiger partial charge in [0.15, 0.2) is 0 Å². The summed E-state index contributed by atoms with van der Waals surface area (Å²) in [5.41, 5.74) is 1.53. The number of rotatable bonds is 3. The van der Waals surface area contributed by atoms with E-state index in [-0.39, 0.29) is 6.42 Å². The minimum Gasteiger partial charge on any atom is -0.481 e. The summed E-state index contributed by atoms with van der Waals surface area (Å²) < 4.78 is 0. The van der Waals surface area contributed by atoms with Crippen molar-refractivity contribution in [3.63, 3.8) is 0 Å². The zero-order valence-corrected chi connectivity index (χ0v) is 8.81. The molecule has 2 heteroatoms. The number of carbonyl (C=O) groups is 1. The highest BCUT2D eigenvalue weighted by Crippen LogP contribution is 2.21. The second kappa shape index (κ2) is 4.19. The van der Waals surface area contributed by atoms with Gasteiger partial charge in [0.2, 0.25) is 0 Å². The van der Waals surface area contributed by atoms with Crippen molar-refractivity contribution in [1.29, 1.82) is 0 Å². The highest BCUT2D eigenvalue weighted by Gasteiger charge is 2.04. The van der Waals surface area contributed by atoms with Crippen molar-refractivity contribution in [3.05, 3.63) is 54.6 Å². The Morgan fingerprint density at radius 3 is 2.50 bits per heavy atom. The molecule has 0 saturated heterocycles. The lowest BCUT2D eigenvalue weighted by Crippen LogP contribution is -1.95. The van der Waals surface area contributed by atoms with E-state index in [1.807, 2.05) is 42.5 Å². The van der Waals surface area contributed by atoms with Crippen molar-refractivity contribution in [2.75, 3.05) is 0 Å². The Morgan fingerprint density at radius 1 is 1.12 bits per heavy atom. The van der Waals surface area contributed by atoms with E-state index in [0.717, 1.165) is 16.3 Å². The molecule has 0 aromatic heterocycles. The molecule has 0 unspecified atom stereocenters. The Kier molecular flexibility index (Phi) is 2.73. The van der Waals surface area contributed by atoms with Gasteiger partial charge < -0.3 is 5.11 Å². The van der Waals surface area contributed by atoms with Crippen LogP contribution >= 0.6 is 0 Å². The number of aliphatic carboxylic acids is 1. The van der Waals surface area contributed by atoms with Crippen LogP contribution in [0.2, 0.25) is 0 Å². The molecule has 1 N–H and O–H groups in total. The molecule has 0 aliphatic rings. The molecule has 0 aliphatic carbocycles. The quantitative estimate of drug-likeness (QED) is 0.847. The van der Waals surface area contributed by atoms with Gasteiger partial charge in [-0.1, -0.05) is 43.0 Å². The van der Waals surface area contributed by atoms with Gasteiger partial charge >= 0.3 is 5.97 Å². The molecule has 0 spiro atoms. The Hall–Kier alpha value is -2.09. The molecule has 0 radical (unpaired) electrons. The van der Waals surface area contributed by atoms with Crippen LogP contribution in [0.5, 0.6) is 0 Å². The van der Waals surface area contributed by atoms with E-state index in [2.05, 4.69) is 6.58 Å². The third-order valence-electron chi connectivity index (χ3n) is 2.52. The summed E-state index contributed by atoms with van der Waals surface area (Å²) >= 11 is 0. The van der Waals surface area contributed by atoms with E-state index in [1.54, 1.807) is 0 Å². The number of hydrogen-bond acceptors (Lipinski definition) is 1. The van der Waals surface area contributed by atoms with Gasteiger partial charge in [0.25, 0.3) is 0 Å². The van der Waals surface area contributed by atoms with Crippen molar-refractivity contribution in [3.8, 4) is 0 Å². The lowest BCUT2D eigenvalue weighted by molar-refractivity contribution is -0.135. The van der Waals surface area contributed by atoms with Gasteiger partial charge in [0.1, 0.15) is 0 Å². The SMILES string of the molecule is C=C(CC(=O)O)c1ccc2ccccc2c1.